The number of hydrogen-bond acceptors (Lipinski definition) is 2. The molecule has 0 amide bonds. The van der Waals surface area contributed by atoms with E-state index < -0.39 is 0 Å². The molecule has 120 valence electrons. The summed E-state index contributed by atoms with van der Waals surface area (Å²) >= 11 is -0.106. The molecule has 0 aromatic heterocycles. The number of likely N-dealkylation sites (N-methyl/N-ethyl adjacent to an activating group) is 1. The first-order valence-electron chi connectivity index (χ1n) is 6.06. The monoisotopic (exact) mass is 460 g/mol. The average Bonchev–Trinajstić information content (AvgIpc) is 3.11. The molecule has 2 aliphatic carbocycles. The Morgan fingerprint density at radius 1 is 1.00 bits per heavy atom. The van der Waals surface area contributed by atoms with Gasteiger partial charge in [-0.15, -0.1) is 0 Å². The Morgan fingerprint density at radius 2 is 1.43 bits per heavy atom. The number of aliphatic imine (C=N–C) groups is 1. The number of halogens is 2. The molecule has 0 aliphatic heterocycles. The van der Waals surface area contributed by atoms with Crippen molar-refractivity contribution in [1.29, 1.82) is 0 Å². The van der Waals surface area contributed by atoms with Crippen molar-refractivity contribution in [1.82, 2.24) is 4.90 Å². The van der Waals surface area contributed by atoms with Gasteiger partial charge in [0.2, 0.25) is 0 Å². The first-order chi connectivity index (χ1) is 9.70. The second-order valence-electron chi connectivity index (χ2n) is 4.06. The second kappa shape index (κ2) is 19.4. The van der Waals surface area contributed by atoms with E-state index in [0.29, 0.717) is 0 Å². The van der Waals surface area contributed by atoms with Gasteiger partial charge in [0.15, 0.2) is 0 Å². The average molecular weight is 462 g/mol. The van der Waals surface area contributed by atoms with Gasteiger partial charge in [-0.3, -0.25) is 4.99 Å². The molecule has 2 nitrogen and oxygen atoms in total. The first-order valence-corrected chi connectivity index (χ1v) is 10.1. The largest absolute Gasteiger partial charge is 2.00 e. The molecular weight excluding hydrogens is 441 g/mol. The SMILES string of the molecule is CN(C)CCN=C[C]1[CH][CH][CH][CH]1.[CH]1[CH][CH][CH][CH]1.[Cl][Pd][Cl].[Fe+2]. The summed E-state index contributed by atoms with van der Waals surface area (Å²) in [5.41, 5.74) is 0. The van der Waals surface area contributed by atoms with Crippen LogP contribution in [0.5, 0.6) is 0 Å². The van der Waals surface area contributed by atoms with Crippen LogP contribution < -0.4 is 0 Å². The zero-order valence-electron chi connectivity index (χ0n) is 12.0. The van der Waals surface area contributed by atoms with Crippen molar-refractivity contribution in [3.05, 3.63) is 63.7 Å². The number of hydrogen-bond donors (Lipinski definition) is 0. The van der Waals surface area contributed by atoms with Gasteiger partial charge in [-0.2, -0.15) is 0 Å². The minimum Gasteiger partial charge on any atom is 2.00 e. The minimum atomic E-state index is -0.106. The van der Waals surface area contributed by atoms with Crippen LogP contribution in [0.25, 0.3) is 0 Å². The predicted molar refractivity (Wildman–Crippen MR) is 85.6 cm³/mol. The van der Waals surface area contributed by atoms with Gasteiger partial charge in [0.25, 0.3) is 0 Å². The third-order valence-corrected chi connectivity index (χ3v) is 2.16. The Kier molecular flexibility index (Phi) is 22.8. The maximum atomic E-state index is 4.81. The van der Waals surface area contributed by atoms with E-state index in [2.05, 4.69) is 36.8 Å². The summed E-state index contributed by atoms with van der Waals surface area (Å²) in [6.45, 7) is 1.88. The van der Waals surface area contributed by atoms with Crippen molar-refractivity contribution in [2.24, 2.45) is 4.99 Å². The van der Waals surface area contributed by atoms with Crippen LogP contribution in [0, 0.1) is 63.7 Å². The summed E-state index contributed by atoms with van der Waals surface area (Å²) in [5, 5.41) is 0. The summed E-state index contributed by atoms with van der Waals surface area (Å²) < 4.78 is 0. The van der Waals surface area contributed by atoms with Gasteiger partial charge in [-0.05, 0) is 71.9 Å². The normalized spacial score (nSPS) is 18.1. The van der Waals surface area contributed by atoms with Crippen molar-refractivity contribution in [2.75, 3.05) is 27.2 Å². The molecule has 0 aromatic rings. The summed E-state index contributed by atoms with van der Waals surface area (Å²) in [6, 6.07) is 0. The molecule has 0 saturated heterocycles. The summed E-state index contributed by atoms with van der Waals surface area (Å²) in [4.78, 5) is 6.41. The zero-order valence-corrected chi connectivity index (χ0v) is 16.2. The second-order valence-corrected chi connectivity index (χ2v) is 6.42. The van der Waals surface area contributed by atoms with Gasteiger partial charge in [0.05, 0.1) is 6.54 Å². The molecule has 0 N–H and O–H groups in total. The van der Waals surface area contributed by atoms with E-state index >= 15 is 0 Å². The van der Waals surface area contributed by atoms with E-state index in [9.17, 15) is 0 Å². The fraction of sp³-hybridized carbons (Fsp3) is 0.267. The standard InChI is InChI=1S/C10H15N2.C5H5.2ClH.Fe.Pd/c1-12(2)8-7-11-9-10-5-3-4-6-10;1-2-4-5-3-1;;;;/h3-6,9H,7-8H2,1-2H3;1-5H;2*1H;;/q;;;;2*+2/p-2. The molecule has 0 bridgehead atoms. The van der Waals surface area contributed by atoms with Gasteiger partial charge in [-0.25, -0.2) is 0 Å². The molecule has 10 radical (unpaired) electrons. The number of nitrogens with zero attached hydrogens (tertiary/aromatic N) is 2. The fourth-order valence-electron chi connectivity index (χ4n) is 1.22. The molecule has 6 heteroatoms. The molecule has 2 aliphatic rings. The van der Waals surface area contributed by atoms with Crippen molar-refractivity contribution in [2.45, 2.75) is 0 Å². The van der Waals surface area contributed by atoms with E-state index in [1.165, 1.54) is 5.92 Å². The first kappa shape index (κ1) is 24.6. The van der Waals surface area contributed by atoms with E-state index in [0.717, 1.165) is 13.1 Å². The van der Waals surface area contributed by atoms with E-state index in [-0.39, 0.29) is 33.0 Å². The molecule has 0 spiro atoms. The van der Waals surface area contributed by atoms with Gasteiger partial charge in [-0.1, -0.05) is 0 Å². The van der Waals surface area contributed by atoms with Crippen LogP contribution in [0.1, 0.15) is 0 Å². The van der Waals surface area contributed by atoms with Crippen molar-refractivity contribution < 1.29 is 33.0 Å². The van der Waals surface area contributed by atoms with Crippen LogP contribution in [0.3, 0.4) is 0 Å². The third-order valence-electron chi connectivity index (χ3n) is 2.16. The van der Waals surface area contributed by atoms with Crippen molar-refractivity contribution in [3.63, 3.8) is 0 Å². The maximum Gasteiger partial charge on any atom is 2.00 e. The Balaban J connectivity index is 0. The fourth-order valence-corrected chi connectivity index (χ4v) is 1.22. The third kappa shape index (κ3) is 19.3. The van der Waals surface area contributed by atoms with Gasteiger partial charge in [0, 0.05) is 18.7 Å². The smallest absolute Gasteiger partial charge is 2.00 e. The van der Waals surface area contributed by atoms with Gasteiger partial charge in [0.1, 0.15) is 0 Å². The Hall–Kier alpha value is 1.39. The Morgan fingerprint density at radius 3 is 1.81 bits per heavy atom. The molecule has 2 saturated carbocycles. The Labute approximate surface area is 158 Å². The summed E-state index contributed by atoms with van der Waals surface area (Å²) in [5.74, 6) is 1.19. The molecule has 21 heavy (non-hydrogen) atoms. The van der Waals surface area contributed by atoms with Gasteiger partial charge < -0.3 is 4.90 Å². The topological polar surface area (TPSA) is 15.6 Å². The van der Waals surface area contributed by atoms with E-state index in [1.807, 2.05) is 51.2 Å². The molecule has 0 atom stereocenters. The van der Waals surface area contributed by atoms with Crippen LogP contribution >= 0.6 is 19.1 Å². The number of rotatable bonds is 4. The molecule has 0 heterocycles. The van der Waals surface area contributed by atoms with Crippen molar-refractivity contribution >= 4 is 25.3 Å². The van der Waals surface area contributed by atoms with Crippen molar-refractivity contribution in [3.8, 4) is 0 Å². The molecule has 2 rings (SSSR count). The quantitative estimate of drug-likeness (QED) is 0.463. The van der Waals surface area contributed by atoms with Gasteiger partial charge >= 0.3 is 52.1 Å². The molecular formula is C15H20Cl2FeN2Pd+2. The van der Waals surface area contributed by atoms with E-state index in [1.54, 1.807) is 0 Å². The minimum absolute atomic E-state index is 0. The molecule has 0 aromatic carbocycles. The predicted octanol–water partition coefficient (Wildman–Crippen LogP) is 3.42. The zero-order chi connectivity index (χ0) is 15.1. The maximum absolute atomic E-state index is 4.81. The van der Waals surface area contributed by atoms with Crippen LogP contribution in [0.4, 0.5) is 0 Å². The summed E-state index contributed by atoms with van der Waals surface area (Å²) in [7, 11) is 13.7. The van der Waals surface area contributed by atoms with E-state index in [4.69, 9.17) is 19.1 Å². The molecule has 0 unspecified atom stereocenters. The van der Waals surface area contributed by atoms with Crippen LogP contribution in [0.15, 0.2) is 4.99 Å². The molecule has 2 fully saturated rings. The van der Waals surface area contributed by atoms with Crippen LogP contribution in [-0.2, 0) is 33.0 Å². The van der Waals surface area contributed by atoms with Crippen LogP contribution in [-0.4, -0.2) is 38.3 Å². The van der Waals surface area contributed by atoms with Crippen LogP contribution in [0.2, 0.25) is 0 Å². The summed E-state index contributed by atoms with van der Waals surface area (Å²) in [6.07, 6.45) is 20.1. The Bertz CT molecular complexity index is 214.